The molecule has 20 heavy (non-hydrogen) atoms. The fourth-order valence-corrected chi connectivity index (χ4v) is 2.90. The van der Waals surface area contributed by atoms with Gasteiger partial charge in [-0.05, 0) is 24.3 Å². The predicted octanol–water partition coefficient (Wildman–Crippen LogP) is 1.23. The van der Waals surface area contributed by atoms with Gasteiger partial charge in [0.1, 0.15) is 17.6 Å². The monoisotopic (exact) mass is 299 g/mol. The summed E-state index contributed by atoms with van der Waals surface area (Å²) in [6, 6.07) is 4.50. The number of halogens is 1. The SMILES string of the molecule is O=C(O)C1CSCCN1C(=O)COc1ccc(F)cc1. The van der Waals surface area contributed by atoms with Crippen LogP contribution in [0.4, 0.5) is 4.39 Å². The Morgan fingerprint density at radius 3 is 2.75 bits per heavy atom. The first-order valence-corrected chi connectivity index (χ1v) is 7.22. The zero-order valence-electron chi connectivity index (χ0n) is 10.6. The summed E-state index contributed by atoms with van der Waals surface area (Å²) in [5.41, 5.74) is 0. The Morgan fingerprint density at radius 2 is 2.10 bits per heavy atom. The molecule has 1 fully saturated rings. The summed E-state index contributed by atoms with van der Waals surface area (Å²) in [4.78, 5) is 24.4. The second kappa shape index (κ2) is 6.60. The second-order valence-electron chi connectivity index (χ2n) is 4.26. The van der Waals surface area contributed by atoms with E-state index < -0.39 is 12.0 Å². The van der Waals surface area contributed by atoms with Gasteiger partial charge in [-0.3, -0.25) is 4.79 Å². The van der Waals surface area contributed by atoms with Crippen molar-refractivity contribution >= 4 is 23.6 Å². The molecule has 1 N–H and O–H groups in total. The first-order valence-electron chi connectivity index (χ1n) is 6.06. The highest BCUT2D eigenvalue weighted by molar-refractivity contribution is 7.99. The fourth-order valence-electron chi connectivity index (χ4n) is 1.87. The zero-order valence-corrected chi connectivity index (χ0v) is 11.4. The first-order chi connectivity index (χ1) is 9.58. The molecule has 1 unspecified atom stereocenters. The quantitative estimate of drug-likeness (QED) is 0.906. The second-order valence-corrected chi connectivity index (χ2v) is 5.41. The third-order valence-corrected chi connectivity index (χ3v) is 3.93. The zero-order chi connectivity index (χ0) is 14.5. The van der Waals surface area contributed by atoms with Crippen LogP contribution in [0.2, 0.25) is 0 Å². The molecule has 1 aromatic rings. The Morgan fingerprint density at radius 1 is 1.40 bits per heavy atom. The third-order valence-electron chi connectivity index (χ3n) is 2.91. The number of benzene rings is 1. The molecule has 1 amide bonds. The molecule has 0 saturated carbocycles. The smallest absolute Gasteiger partial charge is 0.327 e. The van der Waals surface area contributed by atoms with Crippen molar-refractivity contribution in [1.29, 1.82) is 0 Å². The summed E-state index contributed by atoms with van der Waals surface area (Å²) in [7, 11) is 0. The lowest BCUT2D eigenvalue weighted by Crippen LogP contribution is -2.51. The molecule has 0 aliphatic carbocycles. The fraction of sp³-hybridized carbons (Fsp3) is 0.385. The Hall–Kier alpha value is -1.76. The van der Waals surface area contributed by atoms with Crippen molar-refractivity contribution < 1.29 is 23.8 Å². The van der Waals surface area contributed by atoms with Crippen molar-refractivity contribution in [2.75, 3.05) is 24.7 Å². The summed E-state index contributed by atoms with van der Waals surface area (Å²) < 4.78 is 18.0. The number of hydrogen-bond acceptors (Lipinski definition) is 4. The normalized spacial score (nSPS) is 18.6. The molecule has 0 spiro atoms. The number of hydrogen-bond donors (Lipinski definition) is 1. The molecular formula is C13H14FNO4S. The largest absolute Gasteiger partial charge is 0.484 e. The average Bonchev–Trinajstić information content (AvgIpc) is 2.46. The van der Waals surface area contributed by atoms with Gasteiger partial charge in [-0.1, -0.05) is 0 Å². The van der Waals surface area contributed by atoms with Gasteiger partial charge in [-0.2, -0.15) is 11.8 Å². The molecule has 1 saturated heterocycles. The Bertz CT molecular complexity index is 494. The molecule has 1 aromatic carbocycles. The van der Waals surface area contributed by atoms with Crippen LogP contribution in [0.3, 0.4) is 0 Å². The van der Waals surface area contributed by atoms with E-state index in [0.717, 1.165) is 0 Å². The van der Waals surface area contributed by atoms with Crippen LogP contribution in [0.25, 0.3) is 0 Å². The Labute approximate surface area is 119 Å². The van der Waals surface area contributed by atoms with Crippen molar-refractivity contribution in [2.24, 2.45) is 0 Å². The number of carbonyl (C=O) groups excluding carboxylic acids is 1. The molecule has 1 heterocycles. The standard InChI is InChI=1S/C13H14FNO4S/c14-9-1-3-10(4-2-9)19-7-12(16)15-5-6-20-8-11(15)13(17)18/h1-4,11H,5-8H2,(H,17,18). The lowest BCUT2D eigenvalue weighted by molar-refractivity contribution is -0.150. The van der Waals surface area contributed by atoms with Crippen LogP contribution in [0.15, 0.2) is 24.3 Å². The molecule has 1 aliphatic rings. The summed E-state index contributed by atoms with van der Waals surface area (Å²) in [5, 5.41) is 9.08. The van der Waals surface area contributed by atoms with Gasteiger partial charge in [-0.15, -0.1) is 0 Å². The van der Waals surface area contributed by atoms with E-state index in [1.807, 2.05) is 0 Å². The van der Waals surface area contributed by atoms with E-state index in [0.29, 0.717) is 23.8 Å². The van der Waals surface area contributed by atoms with E-state index in [-0.39, 0.29) is 18.3 Å². The van der Waals surface area contributed by atoms with E-state index in [4.69, 9.17) is 9.84 Å². The average molecular weight is 299 g/mol. The summed E-state index contributed by atoms with van der Waals surface area (Å²) in [6.45, 7) is 0.146. The Balaban J connectivity index is 1.93. The van der Waals surface area contributed by atoms with Crippen molar-refractivity contribution in [3.63, 3.8) is 0 Å². The molecule has 2 rings (SSSR count). The van der Waals surface area contributed by atoms with E-state index >= 15 is 0 Å². The number of ether oxygens (including phenoxy) is 1. The van der Waals surface area contributed by atoms with Crippen LogP contribution in [-0.4, -0.2) is 52.6 Å². The lowest BCUT2D eigenvalue weighted by atomic mass is 10.2. The molecule has 0 bridgehead atoms. The molecule has 108 valence electrons. The van der Waals surface area contributed by atoms with Crippen LogP contribution in [0, 0.1) is 5.82 Å². The predicted molar refractivity (Wildman–Crippen MR) is 72.4 cm³/mol. The van der Waals surface area contributed by atoms with Gasteiger partial charge in [0.25, 0.3) is 5.91 Å². The topological polar surface area (TPSA) is 66.8 Å². The highest BCUT2D eigenvalue weighted by atomic mass is 32.2. The van der Waals surface area contributed by atoms with Gasteiger partial charge < -0.3 is 14.7 Å². The number of carbonyl (C=O) groups is 2. The van der Waals surface area contributed by atoms with Crippen molar-refractivity contribution in [1.82, 2.24) is 4.90 Å². The van der Waals surface area contributed by atoms with Crippen LogP contribution >= 0.6 is 11.8 Å². The maximum atomic E-state index is 12.7. The molecule has 0 radical (unpaired) electrons. The van der Waals surface area contributed by atoms with E-state index in [1.165, 1.54) is 40.9 Å². The minimum absolute atomic E-state index is 0.250. The lowest BCUT2D eigenvalue weighted by Gasteiger charge is -2.32. The molecule has 7 heteroatoms. The van der Waals surface area contributed by atoms with Crippen LogP contribution in [0.1, 0.15) is 0 Å². The molecule has 1 atom stereocenters. The number of carboxylic acid groups (broad SMARTS) is 1. The van der Waals surface area contributed by atoms with Crippen LogP contribution < -0.4 is 4.74 Å². The first kappa shape index (κ1) is 14.6. The van der Waals surface area contributed by atoms with E-state index in [1.54, 1.807) is 0 Å². The molecule has 5 nitrogen and oxygen atoms in total. The summed E-state index contributed by atoms with van der Waals surface area (Å²) >= 11 is 1.51. The minimum Gasteiger partial charge on any atom is -0.484 e. The van der Waals surface area contributed by atoms with E-state index in [9.17, 15) is 14.0 Å². The number of thioether (sulfide) groups is 1. The van der Waals surface area contributed by atoms with Crippen molar-refractivity contribution in [2.45, 2.75) is 6.04 Å². The van der Waals surface area contributed by atoms with Crippen molar-refractivity contribution in [3.05, 3.63) is 30.1 Å². The summed E-state index contributed by atoms with van der Waals surface area (Å²) in [5.74, 6) is -0.293. The number of carboxylic acids is 1. The highest BCUT2D eigenvalue weighted by Crippen LogP contribution is 2.17. The Kier molecular flexibility index (Phi) is 4.84. The van der Waals surface area contributed by atoms with E-state index in [2.05, 4.69) is 0 Å². The molecule has 1 aliphatic heterocycles. The van der Waals surface area contributed by atoms with Gasteiger partial charge in [0.2, 0.25) is 0 Å². The number of rotatable bonds is 4. The van der Waals surface area contributed by atoms with Crippen LogP contribution in [-0.2, 0) is 9.59 Å². The van der Waals surface area contributed by atoms with Gasteiger partial charge in [0.15, 0.2) is 6.61 Å². The number of amides is 1. The highest BCUT2D eigenvalue weighted by Gasteiger charge is 2.32. The molecule has 0 aromatic heterocycles. The van der Waals surface area contributed by atoms with Crippen molar-refractivity contribution in [3.8, 4) is 5.75 Å². The summed E-state index contributed by atoms with van der Waals surface area (Å²) in [6.07, 6.45) is 0. The maximum Gasteiger partial charge on any atom is 0.327 e. The molecular weight excluding hydrogens is 285 g/mol. The number of nitrogens with zero attached hydrogens (tertiary/aromatic N) is 1. The van der Waals surface area contributed by atoms with Gasteiger partial charge in [0.05, 0.1) is 0 Å². The van der Waals surface area contributed by atoms with Gasteiger partial charge >= 0.3 is 5.97 Å². The number of aliphatic carboxylic acids is 1. The minimum atomic E-state index is -1.01. The third kappa shape index (κ3) is 3.63. The maximum absolute atomic E-state index is 12.7. The van der Waals surface area contributed by atoms with Gasteiger partial charge in [0, 0.05) is 18.1 Å². The van der Waals surface area contributed by atoms with Gasteiger partial charge in [-0.25, -0.2) is 9.18 Å². The van der Waals surface area contributed by atoms with Crippen LogP contribution in [0.5, 0.6) is 5.75 Å².